The highest BCUT2D eigenvalue weighted by atomic mass is 35.5. The Kier molecular flexibility index (Phi) is 4.92. The van der Waals surface area contributed by atoms with Crippen molar-refractivity contribution in [1.29, 1.82) is 0 Å². The smallest absolute Gasteiger partial charge is 0.212 e. The molecular formula is C22H23ClN6O. The van der Waals surface area contributed by atoms with Crippen molar-refractivity contribution in [2.45, 2.75) is 18.9 Å². The molecule has 0 bridgehead atoms. The Bertz CT molecular complexity index is 1170. The van der Waals surface area contributed by atoms with Gasteiger partial charge in [0.2, 0.25) is 5.88 Å². The second kappa shape index (κ2) is 7.74. The molecular weight excluding hydrogens is 400 g/mol. The summed E-state index contributed by atoms with van der Waals surface area (Å²) >= 11 is 6.54. The SMILES string of the molecule is COc1ccc(-c2c[nH]c3ncc(-c4cn(C5CCN(C)CC5)nc4Cl)cc23)cn1. The molecule has 1 aliphatic rings. The molecule has 5 heterocycles. The summed E-state index contributed by atoms with van der Waals surface area (Å²) < 4.78 is 7.19. The summed E-state index contributed by atoms with van der Waals surface area (Å²) in [7, 11) is 3.77. The maximum Gasteiger partial charge on any atom is 0.212 e. The first kappa shape index (κ1) is 19.1. The van der Waals surface area contributed by atoms with Gasteiger partial charge in [0.1, 0.15) is 5.65 Å². The van der Waals surface area contributed by atoms with Crippen LogP contribution < -0.4 is 4.74 Å². The van der Waals surface area contributed by atoms with Crippen molar-refractivity contribution in [2.75, 3.05) is 27.2 Å². The van der Waals surface area contributed by atoms with Crippen molar-refractivity contribution in [1.82, 2.24) is 29.6 Å². The van der Waals surface area contributed by atoms with Gasteiger partial charge in [-0.05, 0) is 45.1 Å². The molecule has 1 aliphatic heterocycles. The third-order valence-electron chi connectivity index (χ3n) is 5.85. The van der Waals surface area contributed by atoms with E-state index in [9.17, 15) is 0 Å². The number of aromatic amines is 1. The number of ether oxygens (including phenoxy) is 1. The van der Waals surface area contributed by atoms with E-state index in [0.717, 1.165) is 59.2 Å². The predicted octanol–water partition coefficient (Wildman–Crippen LogP) is 4.42. The Balaban J connectivity index is 1.51. The van der Waals surface area contributed by atoms with Crippen LogP contribution in [-0.2, 0) is 0 Å². The molecule has 0 aromatic carbocycles. The van der Waals surface area contributed by atoms with Gasteiger partial charge in [-0.1, -0.05) is 11.6 Å². The van der Waals surface area contributed by atoms with Crippen molar-refractivity contribution in [2.24, 2.45) is 0 Å². The maximum absolute atomic E-state index is 6.54. The van der Waals surface area contributed by atoms with Gasteiger partial charge in [0, 0.05) is 58.5 Å². The molecule has 0 amide bonds. The minimum absolute atomic E-state index is 0.386. The molecule has 0 atom stereocenters. The number of likely N-dealkylation sites (tertiary alicyclic amines) is 1. The zero-order valence-electron chi connectivity index (χ0n) is 17.0. The fourth-order valence-corrected chi connectivity index (χ4v) is 4.30. The summed E-state index contributed by atoms with van der Waals surface area (Å²) in [5.74, 6) is 0.588. The van der Waals surface area contributed by atoms with Gasteiger partial charge in [0.15, 0.2) is 5.15 Å². The van der Waals surface area contributed by atoms with Crippen molar-refractivity contribution in [3.8, 4) is 28.1 Å². The normalized spacial score (nSPS) is 15.7. The van der Waals surface area contributed by atoms with Crippen LogP contribution in [0.15, 0.2) is 43.0 Å². The molecule has 5 rings (SSSR count). The van der Waals surface area contributed by atoms with Crippen molar-refractivity contribution in [3.63, 3.8) is 0 Å². The lowest BCUT2D eigenvalue weighted by atomic mass is 10.0. The third-order valence-corrected chi connectivity index (χ3v) is 6.13. The fraction of sp³-hybridized carbons (Fsp3) is 0.318. The van der Waals surface area contributed by atoms with E-state index in [1.54, 1.807) is 13.3 Å². The summed E-state index contributed by atoms with van der Waals surface area (Å²) in [6.07, 6.45) is 9.82. The van der Waals surface area contributed by atoms with E-state index >= 15 is 0 Å². The lowest BCUT2D eigenvalue weighted by Crippen LogP contribution is -2.31. The number of H-pyrrole nitrogens is 1. The maximum atomic E-state index is 6.54. The highest BCUT2D eigenvalue weighted by Gasteiger charge is 2.21. The first-order valence-electron chi connectivity index (χ1n) is 10.0. The van der Waals surface area contributed by atoms with Crippen LogP contribution in [0.1, 0.15) is 18.9 Å². The number of fused-ring (bicyclic) bond motifs is 1. The summed E-state index contributed by atoms with van der Waals surface area (Å²) in [5.41, 5.74) is 4.71. The van der Waals surface area contributed by atoms with Crippen LogP contribution in [0.4, 0.5) is 0 Å². The van der Waals surface area contributed by atoms with Crippen LogP contribution in [0.3, 0.4) is 0 Å². The number of hydrogen-bond acceptors (Lipinski definition) is 5. The number of halogens is 1. The van der Waals surface area contributed by atoms with Crippen molar-refractivity contribution >= 4 is 22.6 Å². The Labute approximate surface area is 179 Å². The minimum atomic E-state index is 0.386. The number of methoxy groups -OCH3 is 1. The van der Waals surface area contributed by atoms with E-state index in [4.69, 9.17) is 16.3 Å². The van der Waals surface area contributed by atoms with Crippen molar-refractivity contribution < 1.29 is 4.74 Å². The van der Waals surface area contributed by atoms with E-state index in [1.807, 2.05) is 29.2 Å². The summed E-state index contributed by atoms with van der Waals surface area (Å²) in [6.45, 7) is 2.15. The summed E-state index contributed by atoms with van der Waals surface area (Å²) in [4.78, 5) is 14.5. The average molecular weight is 423 g/mol. The van der Waals surface area contributed by atoms with Gasteiger partial charge in [0.05, 0.1) is 13.2 Å². The van der Waals surface area contributed by atoms with Crippen LogP contribution in [0, 0.1) is 0 Å². The first-order chi connectivity index (χ1) is 14.6. The average Bonchev–Trinajstić information content (AvgIpc) is 3.37. The molecule has 8 heteroatoms. The molecule has 30 heavy (non-hydrogen) atoms. The van der Waals surface area contributed by atoms with Crippen LogP contribution in [-0.4, -0.2) is 56.9 Å². The topological polar surface area (TPSA) is 71.9 Å². The zero-order valence-corrected chi connectivity index (χ0v) is 17.7. The van der Waals surface area contributed by atoms with Crippen molar-refractivity contribution in [3.05, 3.63) is 48.1 Å². The Hall–Kier alpha value is -2.90. The number of rotatable bonds is 4. The van der Waals surface area contributed by atoms with E-state index in [1.165, 1.54) is 0 Å². The fourth-order valence-electron chi connectivity index (χ4n) is 4.06. The second-order valence-corrected chi connectivity index (χ2v) is 8.12. The van der Waals surface area contributed by atoms with Crippen LogP contribution >= 0.6 is 11.6 Å². The number of nitrogens with one attached hydrogen (secondary N) is 1. The summed E-state index contributed by atoms with van der Waals surface area (Å²) in [6, 6.07) is 6.35. The van der Waals surface area contributed by atoms with Gasteiger partial charge in [0.25, 0.3) is 0 Å². The molecule has 0 aliphatic carbocycles. The first-order valence-corrected chi connectivity index (χ1v) is 10.4. The molecule has 4 aromatic rings. The monoisotopic (exact) mass is 422 g/mol. The van der Waals surface area contributed by atoms with E-state index in [0.29, 0.717) is 17.1 Å². The van der Waals surface area contributed by atoms with Gasteiger partial charge < -0.3 is 14.6 Å². The molecule has 1 N–H and O–H groups in total. The van der Waals surface area contributed by atoms with Crippen LogP contribution in [0.2, 0.25) is 5.15 Å². The lowest BCUT2D eigenvalue weighted by Gasteiger charge is -2.28. The Morgan fingerprint density at radius 1 is 1.10 bits per heavy atom. The molecule has 1 fully saturated rings. The molecule has 154 valence electrons. The number of aromatic nitrogens is 5. The minimum Gasteiger partial charge on any atom is -0.481 e. The number of hydrogen-bond donors (Lipinski definition) is 1. The van der Waals surface area contributed by atoms with Crippen LogP contribution in [0.25, 0.3) is 33.3 Å². The highest BCUT2D eigenvalue weighted by molar-refractivity contribution is 6.32. The number of piperidine rings is 1. The molecule has 4 aromatic heterocycles. The molecule has 0 spiro atoms. The van der Waals surface area contributed by atoms with Gasteiger partial charge in [-0.15, -0.1) is 0 Å². The predicted molar refractivity (Wildman–Crippen MR) is 118 cm³/mol. The molecule has 7 nitrogen and oxygen atoms in total. The third kappa shape index (κ3) is 3.44. The summed E-state index contributed by atoms with van der Waals surface area (Å²) in [5, 5.41) is 6.14. The Morgan fingerprint density at radius 2 is 1.90 bits per heavy atom. The Morgan fingerprint density at radius 3 is 2.63 bits per heavy atom. The zero-order chi connectivity index (χ0) is 20.7. The second-order valence-electron chi connectivity index (χ2n) is 7.76. The molecule has 0 unspecified atom stereocenters. The molecule has 0 saturated carbocycles. The number of pyridine rings is 2. The molecule has 0 radical (unpaired) electrons. The number of nitrogens with zero attached hydrogens (tertiary/aromatic N) is 5. The highest BCUT2D eigenvalue weighted by Crippen LogP contribution is 2.34. The van der Waals surface area contributed by atoms with Gasteiger partial charge >= 0.3 is 0 Å². The largest absolute Gasteiger partial charge is 0.481 e. The lowest BCUT2D eigenvalue weighted by molar-refractivity contribution is 0.212. The van der Waals surface area contributed by atoms with Gasteiger partial charge in [-0.25, -0.2) is 9.97 Å². The quantitative estimate of drug-likeness (QED) is 0.527. The molecule has 1 saturated heterocycles. The van der Waals surface area contributed by atoms with Gasteiger partial charge in [-0.2, -0.15) is 5.10 Å². The van der Waals surface area contributed by atoms with E-state index in [2.05, 4.69) is 44.3 Å². The van der Waals surface area contributed by atoms with Crippen LogP contribution in [0.5, 0.6) is 5.88 Å². The van der Waals surface area contributed by atoms with E-state index < -0.39 is 0 Å². The standard InChI is InChI=1S/C22H23ClN6O/c1-28-7-5-16(6-8-28)29-13-19(21(23)27-29)15-9-17-18(12-26-22(17)25-11-15)14-3-4-20(30-2)24-10-14/h3-4,9-13,16H,5-8H2,1-2H3,(H,25,26). The van der Waals surface area contributed by atoms with E-state index in [-0.39, 0.29) is 0 Å². The van der Waals surface area contributed by atoms with Gasteiger partial charge in [-0.3, -0.25) is 4.68 Å².